The van der Waals surface area contributed by atoms with Crippen molar-refractivity contribution in [1.29, 1.82) is 0 Å². The summed E-state index contributed by atoms with van der Waals surface area (Å²) in [6.45, 7) is 1.80. The van der Waals surface area contributed by atoms with Crippen molar-refractivity contribution in [2.45, 2.75) is 31.8 Å². The number of hydrogen-bond donors (Lipinski definition) is 2. The molecule has 0 saturated carbocycles. The van der Waals surface area contributed by atoms with E-state index in [9.17, 15) is 17.6 Å². The van der Waals surface area contributed by atoms with Crippen LogP contribution in [0.25, 0.3) is 0 Å². The number of halogens is 2. The molecule has 124 valence electrons. The van der Waals surface area contributed by atoms with Crippen molar-refractivity contribution in [2.75, 3.05) is 12.0 Å². The van der Waals surface area contributed by atoms with Gasteiger partial charge < -0.3 is 11.1 Å². The van der Waals surface area contributed by atoms with Crippen LogP contribution >= 0.6 is 15.9 Å². The first-order chi connectivity index (χ1) is 10.1. The molecule has 3 N–H and O–H groups in total. The fourth-order valence-corrected chi connectivity index (χ4v) is 3.00. The van der Waals surface area contributed by atoms with Gasteiger partial charge in [-0.05, 0) is 53.4 Å². The maximum Gasteiger partial charge on any atom is 0.237 e. The zero-order valence-electron chi connectivity index (χ0n) is 12.5. The van der Waals surface area contributed by atoms with Gasteiger partial charge in [0, 0.05) is 12.3 Å². The number of hydrogen-bond acceptors (Lipinski definition) is 4. The van der Waals surface area contributed by atoms with Crippen LogP contribution in [0.5, 0.6) is 0 Å². The van der Waals surface area contributed by atoms with E-state index in [1.54, 1.807) is 19.1 Å². The van der Waals surface area contributed by atoms with E-state index < -0.39 is 21.8 Å². The Bertz CT molecular complexity index is 637. The van der Waals surface area contributed by atoms with Gasteiger partial charge in [0.25, 0.3) is 0 Å². The molecule has 8 heteroatoms. The van der Waals surface area contributed by atoms with Gasteiger partial charge in [0.1, 0.15) is 15.7 Å². The van der Waals surface area contributed by atoms with Gasteiger partial charge in [0.15, 0.2) is 0 Å². The number of sulfone groups is 1. The van der Waals surface area contributed by atoms with Gasteiger partial charge in [0.05, 0.1) is 16.3 Å². The standard InChI is InChI=1S/C14H20BrFN2O3S/c1-9(7-10-3-4-12(16)11(15)8-10)18-14(19)13(17)5-6-22(2,20)21/h3-4,8-9,13H,5-7,17H2,1-2H3,(H,18,19). The average Bonchev–Trinajstić information content (AvgIpc) is 2.39. The highest BCUT2D eigenvalue weighted by atomic mass is 79.9. The van der Waals surface area contributed by atoms with Gasteiger partial charge in [-0.1, -0.05) is 6.07 Å². The molecule has 0 radical (unpaired) electrons. The third-order valence-electron chi connectivity index (χ3n) is 3.05. The number of carbonyl (C=O) groups is 1. The lowest BCUT2D eigenvalue weighted by Gasteiger charge is -2.17. The van der Waals surface area contributed by atoms with Crippen LogP contribution in [0.2, 0.25) is 0 Å². The van der Waals surface area contributed by atoms with Crippen molar-refractivity contribution >= 4 is 31.7 Å². The second kappa shape index (κ2) is 8.03. The molecule has 0 aromatic heterocycles. The van der Waals surface area contributed by atoms with Crippen molar-refractivity contribution in [1.82, 2.24) is 5.32 Å². The molecule has 0 aliphatic rings. The third-order valence-corrected chi connectivity index (χ3v) is 4.64. The summed E-state index contributed by atoms with van der Waals surface area (Å²) in [6.07, 6.45) is 1.70. The molecule has 1 rings (SSSR count). The number of rotatable bonds is 7. The molecular formula is C14H20BrFN2O3S. The molecule has 0 aliphatic carbocycles. The molecule has 1 aromatic rings. The predicted octanol–water partition coefficient (Wildman–Crippen LogP) is 1.40. The number of nitrogens with two attached hydrogens (primary N) is 1. The lowest BCUT2D eigenvalue weighted by Crippen LogP contribution is -2.45. The minimum absolute atomic E-state index is 0.0828. The van der Waals surface area contributed by atoms with Gasteiger partial charge in [-0.2, -0.15) is 0 Å². The maximum atomic E-state index is 13.2. The second-order valence-corrected chi connectivity index (χ2v) is 8.50. The molecule has 0 saturated heterocycles. The van der Waals surface area contributed by atoms with Gasteiger partial charge in [0.2, 0.25) is 5.91 Å². The molecule has 22 heavy (non-hydrogen) atoms. The average molecular weight is 395 g/mol. The minimum atomic E-state index is -3.14. The molecule has 1 aromatic carbocycles. The lowest BCUT2D eigenvalue weighted by molar-refractivity contribution is -0.122. The van der Waals surface area contributed by atoms with Crippen LogP contribution in [-0.4, -0.2) is 38.4 Å². The van der Waals surface area contributed by atoms with E-state index in [-0.39, 0.29) is 24.0 Å². The van der Waals surface area contributed by atoms with Crippen molar-refractivity contribution in [2.24, 2.45) is 5.73 Å². The largest absolute Gasteiger partial charge is 0.352 e. The van der Waals surface area contributed by atoms with Crippen LogP contribution in [0.15, 0.2) is 22.7 Å². The molecular weight excluding hydrogens is 375 g/mol. The van der Waals surface area contributed by atoms with Gasteiger partial charge in [-0.3, -0.25) is 4.79 Å². The molecule has 2 atom stereocenters. The Labute approximate surface area is 138 Å². The highest BCUT2D eigenvalue weighted by molar-refractivity contribution is 9.10. The van der Waals surface area contributed by atoms with E-state index in [4.69, 9.17) is 5.73 Å². The van der Waals surface area contributed by atoms with E-state index in [0.717, 1.165) is 11.8 Å². The van der Waals surface area contributed by atoms with Crippen LogP contribution in [0.4, 0.5) is 4.39 Å². The molecule has 1 amide bonds. The number of carbonyl (C=O) groups excluding carboxylic acids is 1. The van der Waals surface area contributed by atoms with Crippen LogP contribution in [0, 0.1) is 5.82 Å². The van der Waals surface area contributed by atoms with E-state index in [2.05, 4.69) is 21.2 Å². The monoisotopic (exact) mass is 394 g/mol. The Kier molecular flexibility index (Phi) is 6.96. The molecule has 2 unspecified atom stereocenters. The summed E-state index contributed by atoms with van der Waals surface area (Å²) in [4.78, 5) is 11.9. The summed E-state index contributed by atoms with van der Waals surface area (Å²) < 4.78 is 35.6. The normalized spacial score (nSPS) is 14.4. The smallest absolute Gasteiger partial charge is 0.237 e. The van der Waals surface area contributed by atoms with E-state index >= 15 is 0 Å². The third kappa shape index (κ3) is 6.85. The molecule has 0 bridgehead atoms. The summed E-state index contributed by atoms with van der Waals surface area (Å²) in [5.41, 5.74) is 6.54. The van der Waals surface area contributed by atoms with Gasteiger partial charge >= 0.3 is 0 Å². The predicted molar refractivity (Wildman–Crippen MR) is 87.7 cm³/mol. The highest BCUT2D eigenvalue weighted by Gasteiger charge is 2.18. The van der Waals surface area contributed by atoms with E-state index in [1.165, 1.54) is 6.07 Å². The zero-order valence-corrected chi connectivity index (χ0v) is 14.9. The van der Waals surface area contributed by atoms with Crippen molar-refractivity contribution in [3.8, 4) is 0 Å². The lowest BCUT2D eigenvalue weighted by atomic mass is 10.1. The van der Waals surface area contributed by atoms with Crippen LogP contribution < -0.4 is 11.1 Å². The van der Waals surface area contributed by atoms with E-state index in [1.807, 2.05) is 0 Å². The first-order valence-corrected chi connectivity index (χ1v) is 9.61. The van der Waals surface area contributed by atoms with Crippen molar-refractivity contribution < 1.29 is 17.6 Å². The topological polar surface area (TPSA) is 89.3 Å². The zero-order chi connectivity index (χ0) is 16.9. The highest BCUT2D eigenvalue weighted by Crippen LogP contribution is 2.17. The molecule has 0 spiro atoms. The fourth-order valence-electron chi connectivity index (χ4n) is 1.89. The Hall–Kier alpha value is -0.990. The number of nitrogens with one attached hydrogen (secondary N) is 1. The molecule has 5 nitrogen and oxygen atoms in total. The van der Waals surface area contributed by atoms with E-state index in [0.29, 0.717) is 10.9 Å². The van der Waals surface area contributed by atoms with Crippen LogP contribution in [-0.2, 0) is 21.1 Å². The van der Waals surface area contributed by atoms with Gasteiger partial charge in [-0.15, -0.1) is 0 Å². The summed E-state index contributed by atoms with van der Waals surface area (Å²) in [5, 5.41) is 2.73. The summed E-state index contributed by atoms with van der Waals surface area (Å²) in [7, 11) is -3.14. The first kappa shape index (κ1) is 19.1. The minimum Gasteiger partial charge on any atom is -0.352 e. The Morgan fingerprint density at radius 1 is 1.45 bits per heavy atom. The fraction of sp³-hybridized carbons (Fsp3) is 0.500. The summed E-state index contributed by atoms with van der Waals surface area (Å²) >= 11 is 3.11. The first-order valence-electron chi connectivity index (χ1n) is 6.76. The van der Waals surface area contributed by atoms with Crippen molar-refractivity contribution in [3.05, 3.63) is 34.1 Å². The van der Waals surface area contributed by atoms with Crippen LogP contribution in [0.1, 0.15) is 18.9 Å². The number of benzene rings is 1. The maximum absolute atomic E-state index is 13.2. The Morgan fingerprint density at radius 3 is 2.64 bits per heavy atom. The second-order valence-electron chi connectivity index (χ2n) is 5.39. The molecule has 0 fully saturated rings. The van der Waals surface area contributed by atoms with Gasteiger partial charge in [-0.25, -0.2) is 12.8 Å². The van der Waals surface area contributed by atoms with Crippen LogP contribution in [0.3, 0.4) is 0 Å². The summed E-state index contributed by atoms with van der Waals surface area (Å²) in [6, 6.07) is 3.59. The Morgan fingerprint density at radius 2 is 2.09 bits per heavy atom. The molecule has 0 heterocycles. The molecule has 0 aliphatic heterocycles. The number of amides is 1. The SMILES string of the molecule is CC(Cc1ccc(F)c(Br)c1)NC(=O)C(N)CCS(C)(=O)=O. The van der Waals surface area contributed by atoms with Crippen molar-refractivity contribution in [3.63, 3.8) is 0 Å². The Balaban J connectivity index is 2.51. The quantitative estimate of drug-likeness (QED) is 0.731. The summed E-state index contributed by atoms with van der Waals surface area (Å²) in [5.74, 6) is -0.860.